The van der Waals surface area contributed by atoms with Crippen LogP contribution in [-0.4, -0.2) is 49.3 Å². The number of anilines is 1. The highest BCUT2D eigenvalue weighted by Crippen LogP contribution is 2.24. The lowest BCUT2D eigenvalue weighted by molar-refractivity contribution is -0.0117. The Balaban J connectivity index is 2.03. The quantitative estimate of drug-likeness (QED) is 0.817. The number of ether oxygens (including phenoxy) is 1. The first-order valence-electron chi connectivity index (χ1n) is 6.20. The van der Waals surface area contributed by atoms with Crippen LogP contribution in [0.3, 0.4) is 0 Å². The van der Waals surface area contributed by atoms with Crippen LogP contribution in [0.4, 0.5) is 5.69 Å². The van der Waals surface area contributed by atoms with Crippen LogP contribution < -0.4 is 11.1 Å². The average Bonchev–Trinajstić information content (AvgIpc) is 2.36. The van der Waals surface area contributed by atoms with Gasteiger partial charge in [-0.3, -0.25) is 0 Å². The summed E-state index contributed by atoms with van der Waals surface area (Å²) in [5.74, 6) is 0. The van der Waals surface area contributed by atoms with E-state index in [0.29, 0.717) is 4.99 Å². The van der Waals surface area contributed by atoms with E-state index in [9.17, 15) is 0 Å². The molecule has 6 heteroatoms. The monoisotopic (exact) mass is 343 g/mol. The van der Waals surface area contributed by atoms with Crippen molar-refractivity contribution in [2.45, 2.75) is 6.10 Å². The third-order valence-corrected chi connectivity index (χ3v) is 3.99. The second kappa shape index (κ2) is 6.65. The number of nitrogens with zero attached hydrogens (tertiary/aromatic N) is 1. The Labute approximate surface area is 127 Å². The van der Waals surface area contributed by atoms with Crippen LogP contribution in [0.15, 0.2) is 22.7 Å². The molecule has 1 aliphatic rings. The molecule has 1 heterocycles. The fraction of sp³-hybridized carbons (Fsp3) is 0.462. The predicted octanol–water partition coefficient (Wildman–Crippen LogP) is 1.83. The molecule has 4 nitrogen and oxygen atoms in total. The molecule has 104 valence electrons. The van der Waals surface area contributed by atoms with Crippen molar-refractivity contribution in [1.29, 1.82) is 0 Å². The van der Waals surface area contributed by atoms with E-state index in [4.69, 9.17) is 22.7 Å². The Morgan fingerprint density at radius 1 is 1.63 bits per heavy atom. The Morgan fingerprint density at radius 2 is 2.42 bits per heavy atom. The van der Waals surface area contributed by atoms with E-state index in [2.05, 4.69) is 33.2 Å². The van der Waals surface area contributed by atoms with E-state index >= 15 is 0 Å². The van der Waals surface area contributed by atoms with Crippen molar-refractivity contribution in [3.05, 3.63) is 28.2 Å². The van der Waals surface area contributed by atoms with Gasteiger partial charge in [-0.25, -0.2) is 0 Å². The van der Waals surface area contributed by atoms with E-state index in [1.807, 2.05) is 18.2 Å². The topological polar surface area (TPSA) is 50.5 Å². The van der Waals surface area contributed by atoms with Crippen molar-refractivity contribution >= 4 is 38.8 Å². The highest BCUT2D eigenvalue weighted by atomic mass is 79.9. The molecule has 19 heavy (non-hydrogen) atoms. The molecule has 1 atom stereocenters. The van der Waals surface area contributed by atoms with Crippen LogP contribution >= 0.6 is 28.1 Å². The van der Waals surface area contributed by atoms with Crippen LogP contribution in [-0.2, 0) is 4.74 Å². The van der Waals surface area contributed by atoms with Gasteiger partial charge in [-0.1, -0.05) is 18.3 Å². The zero-order valence-electron chi connectivity index (χ0n) is 10.9. The SMILES string of the molecule is CN1CCOC(CNc2cccc(Br)c2C(N)=S)C1. The maximum absolute atomic E-state index is 5.77. The van der Waals surface area contributed by atoms with E-state index in [-0.39, 0.29) is 6.10 Å². The van der Waals surface area contributed by atoms with Crippen LogP contribution in [0.2, 0.25) is 0 Å². The molecule has 1 aromatic carbocycles. The largest absolute Gasteiger partial charge is 0.389 e. The summed E-state index contributed by atoms with van der Waals surface area (Å²) in [6.45, 7) is 3.45. The van der Waals surface area contributed by atoms with Crippen molar-refractivity contribution in [3.8, 4) is 0 Å². The summed E-state index contributed by atoms with van der Waals surface area (Å²) in [4.78, 5) is 2.65. The van der Waals surface area contributed by atoms with Crippen LogP contribution in [0.5, 0.6) is 0 Å². The molecule has 1 unspecified atom stereocenters. The number of hydrogen-bond donors (Lipinski definition) is 2. The summed E-state index contributed by atoms with van der Waals surface area (Å²) in [5, 5.41) is 3.38. The number of thiocarbonyl (C=S) groups is 1. The number of hydrogen-bond acceptors (Lipinski definition) is 4. The minimum Gasteiger partial charge on any atom is -0.389 e. The predicted molar refractivity (Wildman–Crippen MR) is 85.8 cm³/mol. The third-order valence-electron chi connectivity index (χ3n) is 3.12. The maximum Gasteiger partial charge on any atom is 0.107 e. The van der Waals surface area contributed by atoms with Crippen LogP contribution in [0, 0.1) is 0 Å². The standard InChI is InChI=1S/C13H18BrN3OS/c1-17-5-6-18-9(8-17)7-16-11-4-2-3-10(14)12(11)13(15)19/h2-4,9,16H,5-8H2,1H3,(H2,15,19). The van der Waals surface area contributed by atoms with Gasteiger partial charge in [-0.05, 0) is 35.1 Å². The van der Waals surface area contributed by atoms with E-state index in [0.717, 1.165) is 42.0 Å². The lowest BCUT2D eigenvalue weighted by Crippen LogP contribution is -2.43. The molecular formula is C13H18BrN3OS. The van der Waals surface area contributed by atoms with Gasteiger partial charge < -0.3 is 20.7 Å². The Bertz CT molecular complexity index is 469. The Hall–Kier alpha value is -0.690. The number of benzene rings is 1. The maximum atomic E-state index is 5.77. The summed E-state index contributed by atoms with van der Waals surface area (Å²) in [6.07, 6.45) is 0.192. The average molecular weight is 344 g/mol. The smallest absolute Gasteiger partial charge is 0.107 e. The summed E-state index contributed by atoms with van der Waals surface area (Å²) < 4.78 is 6.63. The molecule has 0 saturated carbocycles. The number of nitrogens with one attached hydrogen (secondary N) is 1. The van der Waals surface area contributed by atoms with Gasteiger partial charge in [0, 0.05) is 35.4 Å². The van der Waals surface area contributed by atoms with Gasteiger partial charge in [0.05, 0.1) is 12.7 Å². The van der Waals surface area contributed by atoms with Crippen LogP contribution in [0.1, 0.15) is 5.56 Å². The van der Waals surface area contributed by atoms with Gasteiger partial charge in [-0.2, -0.15) is 0 Å². The van der Waals surface area contributed by atoms with Crippen molar-refractivity contribution in [1.82, 2.24) is 4.90 Å². The minimum absolute atomic E-state index is 0.192. The highest BCUT2D eigenvalue weighted by molar-refractivity contribution is 9.10. The fourth-order valence-electron chi connectivity index (χ4n) is 2.14. The molecule has 1 aliphatic heterocycles. The first-order chi connectivity index (χ1) is 9.08. The van der Waals surface area contributed by atoms with Crippen LogP contribution in [0.25, 0.3) is 0 Å². The van der Waals surface area contributed by atoms with Crippen molar-refractivity contribution in [2.24, 2.45) is 5.73 Å². The molecule has 0 radical (unpaired) electrons. The van der Waals surface area contributed by atoms with Gasteiger partial charge in [0.1, 0.15) is 4.99 Å². The van der Waals surface area contributed by atoms with Gasteiger partial charge in [-0.15, -0.1) is 0 Å². The zero-order chi connectivity index (χ0) is 13.8. The summed E-state index contributed by atoms with van der Waals surface area (Å²) in [6, 6.07) is 5.87. The molecule has 0 amide bonds. The Morgan fingerprint density at radius 3 is 3.11 bits per heavy atom. The lowest BCUT2D eigenvalue weighted by atomic mass is 10.1. The first kappa shape index (κ1) is 14.7. The second-order valence-corrected chi connectivity index (χ2v) is 5.96. The number of nitrogens with two attached hydrogens (primary N) is 1. The molecule has 0 spiro atoms. The summed E-state index contributed by atoms with van der Waals surface area (Å²) >= 11 is 8.57. The van der Waals surface area contributed by atoms with E-state index < -0.39 is 0 Å². The van der Waals surface area contributed by atoms with E-state index in [1.165, 1.54) is 0 Å². The summed E-state index contributed by atoms with van der Waals surface area (Å²) in [5.41, 5.74) is 7.56. The minimum atomic E-state index is 0.192. The molecule has 0 aliphatic carbocycles. The van der Waals surface area contributed by atoms with Crippen molar-refractivity contribution in [2.75, 3.05) is 38.6 Å². The zero-order valence-corrected chi connectivity index (χ0v) is 13.3. The molecular weight excluding hydrogens is 326 g/mol. The highest BCUT2D eigenvalue weighted by Gasteiger charge is 2.18. The Kier molecular flexibility index (Phi) is 5.15. The first-order valence-corrected chi connectivity index (χ1v) is 7.40. The third kappa shape index (κ3) is 3.89. The summed E-state index contributed by atoms with van der Waals surface area (Å²) in [7, 11) is 2.11. The van der Waals surface area contributed by atoms with Crippen molar-refractivity contribution in [3.63, 3.8) is 0 Å². The van der Waals surface area contributed by atoms with Gasteiger partial charge in [0.15, 0.2) is 0 Å². The van der Waals surface area contributed by atoms with Gasteiger partial charge in [0.2, 0.25) is 0 Å². The number of rotatable bonds is 4. The lowest BCUT2D eigenvalue weighted by Gasteiger charge is -2.30. The molecule has 1 fully saturated rings. The molecule has 0 bridgehead atoms. The van der Waals surface area contributed by atoms with Gasteiger partial charge >= 0.3 is 0 Å². The normalized spacial score (nSPS) is 20.2. The van der Waals surface area contributed by atoms with Gasteiger partial charge in [0.25, 0.3) is 0 Å². The molecule has 2 rings (SSSR count). The number of halogens is 1. The molecule has 0 aromatic heterocycles. The molecule has 1 aromatic rings. The number of morpholine rings is 1. The van der Waals surface area contributed by atoms with Crippen molar-refractivity contribution < 1.29 is 4.74 Å². The van der Waals surface area contributed by atoms with E-state index in [1.54, 1.807) is 0 Å². The molecule has 1 saturated heterocycles. The number of likely N-dealkylation sites (N-methyl/N-ethyl adjacent to an activating group) is 1. The molecule has 3 N–H and O–H groups in total. The second-order valence-electron chi connectivity index (χ2n) is 4.66. The fourth-order valence-corrected chi connectivity index (χ4v) is 3.07.